The highest BCUT2D eigenvalue weighted by molar-refractivity contribution is 5.78. The predicted octanol–water partition coefficient (Wildman–Crippen LogP) is 3.11. The fraction of sp³-hybridized carbons (Fsp3) is 0.250. The van der Waals surface area contributed by atoms with Crippen molar-refractivity contribution in [3.05, 3.63) is 41.7 Å². The van der Waals surface area contributed by atoms with Crippen LogP contribution in [0.4, 0.5) is 22.0 Å². The maximum Gasteiger partial charge on any atom is 0.315 e. The van der Waals surface area contributed by atoms with Crippen LogP contribution in [0.25, 0.3) is 0 Å². The molecule has 0 radical (unpaired) electrons. The Bertz CT molecular complexity index is 541. The molecule has 7 heteroatoms. The molecule has 1 aromatic carbocycles. The van der Waals surface area contributed by atoms with E-state index in [2.05, 4.69) is 11.3 Å². The Labute approximate surface area is 104 Å². The average Bonchev–Trinajstić information content (AvgIpc) is 3.18. The number of hydrogen-bond acceptors (Lipinski definition) is 2. The summed E-state index contributed by atoms with van der Waals surface area (Å²) in [5.74, 6) is -14.4. The van der Waals surface area contributed by atoms with Crippen molar-refractivity contribution in [3.63, 3.8) is 0 Å². The van der Waals surface area contributed by atoms with E-state index in [0.717, 1.165) is 0 Å². The normalized spacial score (nSPS) is 21.1. The molecule has 0 saturated heterocycles. The lowest BCUT2D eigenvalue weighted by molar-refractivity contribution is -0.136. The predicted molar refractivity (Wildman–Crippen MR) is 53.7 cm³/mol. The number of allylic oxidation sites excluding steroid dienone is 1. The summed E-state index contributed by atoms with van der Waals surface area (Å²) in [5, 5.41) is 0. The number of rotatable bonds is 3. The lowest BCUT2D eigenvalue weighted by Crippen LogP contribution is -2.15. The summed E-state index contributed by atoms with van der Waals surface area (Å²) >= 11 is 0. The van der Waals surface area contributed by atoms with Gasteiger partial charge in [0.1, 0.15) is 0 Å². The summed E-state index contributed by atoms with van der Waals surface area (Å²) in [7, 11) is 0. The molecule has 102 valence electrons. The van der Waals surface area contributed by atoms with Crippen molar-refractivity contribution < 1.29 is 31.5 Å². The smallest absolute Gasteiger partial charge is 0.315 e. The SMILES string of the molecule is C=CC1CC1C(=O)Oc1c(F)c(F)c(F)c(F)c1F. The van der Waals surface area contributed by atoms with E-state index in [1.54, 1.807) is 0 Å². The zero-order valence-electron chi connectivity index (χ0n) is 9.35. The molecular weight excluding hydrogens is 271 g/mol. The highest BCUT2D eigenvalue weighted by atomic mass is 19.2. The fourth-order valence-electron chi connectivity index (χ4n) is 1.60. The molecule has 0 N–H and O–H groups in total. The molecule has 0 spiro atoms. The van der Waals surface area contributed by atoms with E-state index in [1.807, 2.05) is 0 Å². The second-order valence-electron chi connectivity index (χ2n) is 4.06. The lowest BCUT2D eigenvalue weighted by Gasteiger charge is -2.08. The molecule has 1 saturated carbocycles. The second-order valence-corrected chi connectivity index (χ2v) is 4.06. The average molecular weight is 278 g/mol. The molecule has 0 bridgehead atoms. The van der Waals surface area contributed by atoms with Gasteiger partial charge >= 0.3 is 5.97 Å². The summed E-state index contributed by atoms with van der Waals surface area (Å²) in [6.07, 6.45) is 1.82. The molecule has 2 atom stereocenters. The molecule has 1 aliphatic rings. The third-order valence-electron chi connectivity index (χ3n) is 2.82. The summed E-state index contributed by atoms with van der Waals surface area (Å²) in [6.45, 7) is 3.41. The first-order valence-electron chi connectivity index (χ1n) is 5.24. The van der Waals surface area contributed by atoms with Gasteiger partial charge in [0.05, 0.1) is 5.92 Å². The maximum absolute atomic E-state index is 13.2. The Morgan fingerprint density at radius 1 is 1.05 bits per heavy atom. The minimum atomic E-state index is -2.30. The Morgan fingerprint density at radius 2 is 1.53 bits per heavy atom. The molecule has 2 unspecified atom stereocenters. The van der Waals surface area contributed by atoms with Crippen molar-refractivity contribution in [2.45, 2.75) is 6.42 Å². The van der Waals surface area contributed by atoms with Gasteiger partial charge in [-0.3, -0.25) is 4.79 Å². The lowest BCUT2D eigenvalue weighted by atomic mass is 10.2. The topological polar surface area (TPSA) is 26.3 Å². The zero-order chi connectivity index (χ0) is 14.3. The van der Waals surface area contributed by atoms with Gasteiger partial charge in [-0.2, -0.15) is 8.78 Å². The van der Waals surface area contributed by atoms with Crippen LogP contribution >= 0.6 is 0 Å². The number of carbonyl (C=O) groups excluding carboxylic acids is 1. The third-order valence-corrected chi connectivity index (χ3v) is 2.82. The molecule has 19 heavy (non-hydrogen) atoms. The van der Waals surface area contributed by atoms with Crippen LogP contribution in [0.5, 0.6) is 5.75 Å². The highest BCUT2D eigenvalue weighted by Crippen LogP contribution is 2.41. The number of carbonyl (C=O) groups is 1. The summed E-state index contributed by atoms with van der Waals surface area (Å²) in [4.78, 5) is 11.4. The Kier molecular flexibility index (Phi) is 3.30. The standard InChI is InChI=1S/C12H7F5O2/c1-2-4-3-5(4)12(18)19-11-9(16)7(14)6(13)8(15)10(11)17/h2,4-5H,1,3H2. The van der Waals surface area contributed by atoms with E-state index in [9.17, 15) is 26.7 Å². The third kappa shape index (κ3) is 2.20. The molecule has 2 rings (SSSR count). The van der Waals surface area contributed by atoms with E-state index < -0.39 is 46.7 Å². The van der Waals surface area contributed by atoms with Crippen molar-refractivity contribution in [1.82, 2.24) is 0 Å². The van der Waals surface area contributed by atoms with Gasteiger partial charge < -0.3 is 4.74 Å². The van der Waals surface area contributed by atoms with Crippen molar-refractivity contribution in [2.75, 3.05) is 0 Å². The van der Waals surface area contributed by atoms with E-state index in [-0.39, 0.29) is 5.92 Å². The van der Waals surface area contributed by atoms with Crippen LogP contribution < -0.4 is 4.74 Å². The first-order chi connectivity index (χ1) is 8.88. The highest BCUT2D eigenvalue weighted by Gasteiger charge is 2.43. The minimum Gasteiger partial charge on any atom is -0.420 e. The zero-order valence-corrected chi connectivity index (χ0v) is 9.35. The molecule has 1 fully saturated rings. The van der Waals surface area contributed by atoms with Gasteiger partial charge in [0.15, 0.2) is 0 Å². The van der Waals surface area contributed by atoms with Gasteiger partial charge in [0.25, 0.3) is 0 Å². The number of hydrogen-bond donors (Lipinski definition) is 0. The van der Waals surface area contributed by atoms with Crippen LogP contribution in [-0.4, -0.2) is 5.97 Å². The van der Waals surface area contributed by atoms with Gasteiger partial charge in [-0.15, -0.1) is 6.58 Å². The Hall–Kier alpha value is -1.92. The second kappa shape index (κ2) is 4.64. The van der Waals surface area contributed by atoms with Crippen molar-refractivity contribution >= 4 is 5.97 Å². The van der Waals surface area contributed by atoms with E-state index in [0.29, 0.717) is 6.42 Å². The molecule has 1 aliphatic carbocycles. The van der Waals surface area contributed by atoms with Crippen LogP contribution in [0, 0.1) is 40.9 Å². The number of ether oxygens (including phenoxy) is 1. The minimum absolute atomic E-state index is 0.200. The molecular formula is C12H7F5O2. The van der Waals surface area contributed by atoms with E-state index in [4.69, 9.17) is 0 Å². The maximum atomic E-state index is 13.2. The van der Waals surface area contributed by atoms with Crippen molar-refractivity contribution in [1.29, 1.82) is 0 Å². The van der Waals surface area contributed by atoms with Crippen molar-refractivity contribution in [2.24, 2.45) is 11.8 Å². The summed E-state index contributed by atoms with van der Waals surface area (Å²) < 4.78 is 69.1. The van der Waals surface area contributed by atoms with Crippen LogP contribution in [0.15, 0.2) is 12.7 Å². The first kappa shape index (κ1) is 13.5. The van der Waals surface area contributed by atoms with Crippen LogP contribution in [0.2, 0.25) is 0 Å². The van der Waals surface area contributed by atoms with Gasteiger partial charge in [-0.05, 0) is 12.3 Å². The number of benzene rings is 1. The quantitative estimate of drug-likeness (QED) is 0.212. The van der Waals surface area contributed by atoms with Gasteiger partial charge in [-0.25, -0.2) is 13.2 Å². The number of halogens is 5. The molecule has 0 heterocycles. The first-order valence-corrected chi connectivity index (χ1v) is 5.24. The van der Waals surface area contributed by atoms with Gasteiger partial charge in [-0.1, -0.05) is 6.08 Å². The number of esters is 1. The van der Waals surface area contributed by atoms with Gasteiger partial charge in [0.2, 0.25) is 34.8 Å². The summed E-state index contributed by atoms with van der Waals surface area (Å²) in [5.41, 5.74) is 0. The van der Waals surface area contributed by atoms with Crippen LogP contribution in [0.1, 0.15) is 6.42 Å². The van der Waals surface area contributed by atoms with E-state index >= 15 is 0 Å². The van der Waals surface area contributed by atoms with E-state index in [1.165, 1.54) is 6.08 Å². The van der Waals surface area contributed by atoms with Gasteiger partial charge in [0, 0.05) is 0 Å². The monoisotopic (exact) mass is 278 g/mol. The molecule has 2 nitrogen and oxygen atoms in total. The fourth-order valence-corrected chi connectivity index (χ4v) is 1.60. The van der Waals surface area contributed by atoms with Crippen LogP contribution in [-0.2, 0) is 4.79 Å². The molecule has 0 aliphatic heterocycles. The molecule has 0 amide bonds. The Morgan fingerprint density at radius 3 is 1.95 bits per heavy atom. The van der Waals surface area contributed by atoms with Crippen LogP contribution in [0.3, 0.4) is 0 Å². The molecule has 1 aromatic rings. The van der Waals surface area contributed by atoms with Crippen molar-refractivity contribution in [3.8, 4) is 5.75 Å². The summed E-state index contributed by atoms with van der Waals surface area (Å²) in [6, 6.07) is 0. The largest absolute Gasteiger partial charge is 0.420 e. The Balaban J connectivity index is 2.31. The molecule has 0 aromatic heterocycles.